The van der Waals surface area contributed by atoms with Crippen LogP contribution in [0.5, 0.6) is 0 Å². The second kappa shape index (κ2) is 11.8. The Labute approximate surface area is 152 Å². The quantitative estimate of drug-likeness (QED) is 0.277. The summed E-state index contributed by atoms with van der Waals surface area (Å²) in [6, 6.07) is 5.97. The molecule has 0 aliphatic rings. The van der Waals surface area contributed by atoms with Crippen molar-refractivity contribution in [3.05, 3.63) is 23.8 Å². The molecule has 4 heteroatoms. The van der Waals surface area contributed by atoms with Gasteiger partial charge in [-0.15, -0.1) is 11.8 Å². The fraction of sp³-hybridized carbons (Fsp3) is 0.700. The van der Waals surface area contributed by atoms with Crippen LogP contribution in [0.1, 0.15) is 77.9 Å². The Morgan fingerprint density at radius 2 is 1.75 bits per heavy atom. The van der Waals surface area contributed by atoms with Gasteiger partial charge in [0.25, 0.3) is 0 Å². The molecule has 2 unspecified atom stereocenters. The average Bonchev–Trinajstić information content (AvgIpc) is 2.54. The van der Waals surface area contributed by atoms with Crippen molar-refractivity contribution >= 4 is 17.4 Å². The third kappa shape index (κ3) is 7.91. The predicted octanol–water partition coefficient (Wildman–Crippen LogP) is 5.14. The summed E-state index contributed by atoms with van der Waals surface area (Å²) in [7, 11) is 0. The monoisotopic (exact) mass is 352 g/mol. The molecule has 1 aromatic rings. The smallest absolute Gasteiger partial charge is 0.0941 e. The zero-order valence-electron chi connectivity index (χ0n) is 15.8. The van der Waals surface area contributed by atoms with Crippen molar-refractivity contribution in [2.24, 2.45) is 0 Å². The van der Waals surface area contributed by atoms with Gasteiger partial charge in [0.1, 0.15) is 0 Å². The SMILES string of the molecule is CCCCCCCCNC(C)C(O)c1ccc(SC(C)C)c(N)c1. The Morgan fingerprint density at radius 1 is 1.08 bits per heavy atom. The summed E-state index contributed by atoms with van der Waals surface area (Å²) < 4.78 is 0. The second-order valence-corrected chi connectivity index (χ2v) is 8.54. The molecular formula is C20H36N2OS. The fourth-order valence-electron chi connectivity index (χ4n) is 2.75. The first-order chi connectivity index (χ1) is 11.5. The van der Waals surface area contributed by atoms with E-state index in [4.69, 9.17) is 5.73 Å². The minimum Gasteiger partial charge on any atom is -0.398 e. The van der Waals surface area contributed by atoms with E-state index in [2.05, 4.69) is 26.1 Å². The predicted molar refractivity (Wildman–Crippen MR) is 108 cm³/mol. The van der Waals surface area contributed by atoms with E-state index >= 15 is 0 Å². The van der Waals surface area contributed by atoms with Crippen LogP contribution in [0.4, 0.5) is 5.69 Å². The van der Waals surface area contributed by atoms with Gasteiger partial charge in [-0.3, -0.25) is 0 Å². The van der Waals surface area contributed by atoms with E-state index in [1.54, 1.807) is 11.8 Å². The number of hydrogen-bond donors (Lipinski definition) is 3. The molecule has 1 aromatic carbocycles. The maximum atomic E-state index is 10.5. The van der Waals surface area contributed by atoms with Crippen LogP contribution in [0.15, 0.2) is 23.1 Å². The van der Waals surface area contributed by atoms with Gasteiger partial charge in [0.2, 0.25) is 0 Å². The topological polar surface area (TPSA) is 58.3 Å². The molecule has 0 aromatic heterocycles. The summed E-state index contributed by atoms with van der Waals surface area (Å²) in [4.78, 5) is 1.09. The molecule has 138 valence electrons. The number of unbranched alkanes of at least 4 members (excludes halogenated alkanes) is 5. The first-order valence-electron chi connectivity index (χ1n) is 9.43. The van der Waals surface area contributed by atoms with Gasteiger partial charge < -0.3 is 16.2 Å². The van der Waals surface area contributed by atoms with Crippen molar-refractivity contribution in [3.8, 4) is 0 Å². The molecule has 24 heavy (non-hydrogen) atoms. The minimum atomic E-state index is -0.523. The van der Waals surface area contributed by atoms with E-state index in [9.17, 15) is 5.11 Å². The van der Waals surface area contributed by atoms with Gasteiger partial charge >= 0.3 is 0 Å². The lowest BCUT2D eigenvalue weighted by Crippen LogP contribution is -2.32. The third-order valence-electron chi connectivity index (χ3n) is 4.21. The largest absolute Gasteiger partial charge is 0.398 e. The molecule has 0 saturated carbocycles. The highest BCUT2D eigenvalue weighted by molar-refractivity contribution is 8.00. The maximum absolute atomic E-state index is 10.5. The summed E-state index contributed by atoms with van der Waals surface area (Å²) in [6.07, 6.45) is 7.21. The molecule has 2 atom stereocenters. The summed E-state index contributed by atoms with van der Waals surface area (Å²) in [6.45, 7) is 9.55. The van der Waals surface area contributed by atoms with Crippen LogP contribution in [0.25, 0.3) is 0 Å². The zero-order chi connectivity index (χ0) is 17.9. The van der Waals surface area contributed by atoms with Crippen molar-refractivity contribution in [1.29, 1.82) is 0 Å². The Hall–Kier alpha value is -0.710. The van der Waals surface area contributed by atoms with E-state index in [-0.39, 0.29) is 6.04 Å². The lowest BCUT2D eigenvalue weighted by molar-refractivity contribution is 0.136. The lowest BCUT2D eigenvalue weighted by Gasteiger charge is -2.21. The Morgan fingerprint density at radius 3 is 2.38 bits per heavy atom. The van der Waals surface area contributed by atoms with Gasteiger partial charge in [0, 0.05) is 21.9 Å². The molecule has 0 spiro atoms. The zero-order valence-corrected chi connectivity index (χ0v) is 16.7. The molecule has 0 aliphatic heterocycles. The standard InChI is InChI=1S/C20H36N2OS/c1-5-6-7-8-9-10-13-22-16(4)20(23)17-11-12-19(18(21)14-17)24-15(2)3/h11-12,14-16,20,22-23H,5-10,13,21H2,1-4H3. The van der Waals surface area contributed by atoms with Crippen LogP contribution >= 0.6 is 11.8 Å². The van der Waals surface area contributed by atoms with E-state index in [0.717, 1.165) is 22.7 Å². The highest BCUT2D eigenvalue weighted by atomic mass is 32.2. The van der Waals surface area contributed by atoms with Gasteiger partial charge in [-0.2, -0.15) is 0 Å². The number of thioether (sulfide) groups is 1. The van der Waals surface area contributed by atoms with E-state index in [1.165, 1.54) is 38.5 Å². The summed E-state index contributed by atoms with van der Waals surface area (Å²) in [5, 5.41) is 14.5. The van der Waals surface area contributed by atoms with Crippen molar-refractivity contribution in [2.75, 3.05) is 12.3 Å². The van der Waals surface area contributed by atoms with Crippen molar-refractivity contribution in [1.82, 2.24) is 5.32 Å². The Balaban J connectivity index is 2.39. The summed E-state index contributed by atoms with van der Waals surface area (Å²) in [5.74, 6) is 0. The number of benzene rings is 1. The summed E-state index contributed by atoms with van der Waals surface area (Å²) in [5.41, 5.74) is 7.78. The molecule has 3 nitrogen and oxygen atoms in total. The maximum Gasteiger partial charge on any atom is 0.0941 e. The van der Waals surface area contributed by atoms with Crippen LogP contribution in [0, 0.1) is 0 Å². The average molecular weight is 353 g/mol. The van der Waals surface area contributed by atoms with Crippen LogP contribution in [-0.4, -0.2) is 22.9 Å². The van der Waals surface area contributed by atoms with Crippen LogP contribution in [0.3, 0.4) is 0 Å². The second-order valence-electron chi connectivity index (χ2n) is 6.92. The normalized spacial score (nSPS) is 14.1. The number of rotatable bonds is 12. The molecule has 0 amide bonds. The number of nitrogens with two attached hydrogens (primary N) is 1. The van der Waals surface area contributed by atoms with Gasteiger partial charge in [0.05, 0.1) is 6.10 Å². The van der Waals surface area contributed by atoms with Crippen molar-refractivity contribution < 1.29 is 5.11 Å². The number of aliphatic hydroxyl groups is 1. The molecule has 4 N–H and O–H groups in total. The first kappa shape index (κ1) is 21.3. The Bertz CT molecular complexity index is 465. The molecule has 0 heterocycles. The van der Waals surface area contributed by atoms with Crippen LogP contribution < -0.4 is 11.1 Å². The number of nitrogen functional groups attached to an aromatic ring is 1. The van der Waals surface area contributed by atoms with Crippen LogP contribution in [0.2, 0.25) is 0 Å². The van der Waals surface area contributed by atoms with E-state index < -0.39 is 6.10 Å². The molecule has 0 bridgehead atoms. The molecule has 1 rings (SSSR count). The van der Waals surface area contributed by atoms with Crippen LogP contribution in [-0.2, 0) is 0 Å². The molecule has 0 saturated heterocycles. The molecular weight excluding hydrogens is 316 g/mol. The summed E-state index contributed by atoms with van der Waals surface area (Å²) >= 11 is 1.76. The van der Waals surface area contributed by atoms with Gasteiger partial charge in [-0.05, 0) is 37.6 Å². The Kier molecular flexibility index (Phi) is 10.5. The van der Waals surface area contributed by atoms with Gasteiger partial charge in [0.15, 0.2) is 0 Å². The minimum absolute atomic E-state index is 0.0312. The van der Waals surface area contributed by atoms with E-state index in [0.29, 0.717) is 5.25 Å². The first-order valence-corrected chi connectivity index (χ1v) is 10.3. The van der Waals surface area contributed by atoms with E-state index in [1.807, 2.05) is 25.1 Å². The number of aliphatic hydroxyl groups excluding tert-OH is 1. The highest BCUT2D eigenvalue weighted by Gasteiger charge is 2.17. The molecule has 0 fully saturated rings. The van der Waals surface area contributed by atoms with Gasteiger partial charge in [-0.25, -0.2) is 0 Å². The number of hydrogen-bond acceptors (Lipinski definition) is 4. The number of anilines is 1. The fourth-order valence-corrected chi connectivity index (χ4v) is 3.60. The highest BCUT2D eigenvalue weighted by Crippen LogP contribution is 2.31. The lowest BCUT2D eigenvalue weighted by atomic mass is 10.0. The molecule has 0 aliphatic carbocycles. The van der Waals surface area contributed by atoms with Crippen molar-refractivity contribution in [2.45, 2.75) is 88.5 Å². The third-order valence-corrected chi connectivity index (χ3v) is 5.31. The number of nitrogens with one attached hydrogen (secondary N) is 1. The van der Waals surface area contributed by atoms with Gasteiger partial charge in [-0.1, -0.05) is 58.9 Å². The molecule has 0 radical (unpaired) electrons. The van der Waals surface area contributed by atoms with Crippen molar-refractivity contribution in [3.63, 3.8) is 0 Å².